The van der Waals surface area contributed by atoms with E-state index in [0.717, 1.165) is 6.54 Å². The largest absolute Gasteiger partial charge is 0.370 e. The molecule has 0 saturated heterocycles. The highest BCUT2D eigenvalue weighted by Gasteiger charge is 2.20. The summed E-state index contributed by atoms with van der Waals surface area (Å²) in [7, 11) is 0. The van der Waals surface area contributed by atoms with Crippen LogP contribution >= 0.6 is 0 Å². The molecule has 6 N–H and O–H groups in total. The fraction of sp³-hybridized carbons (Fsp3) is 0.545. The van der Waals surface area contributed by atoms with E-state index in [1.54, 1.807) is 6.07 Å². The third-order valence-corrected chi connectivity index (χ3v) is 2.38. The van der Waals surface area contributed by atoms with Gasteiger partial charge in [0.25, 0.3) is 0 Å². The molecule has 0 aliphatic carbocycles. The molecule has 0 spiro atoms. The van der Waals surface area contributed by atoms with Crippen molar-refractivity contribution in [2.45, 2.75) is 26.8 Å². The maximum atomic E-state index is 11.3. The monoisotopic (exact) mass is 252 g/mol. The second-order valence-electron chi connectivity index (χ2n) is 4.30. The van der Waals surface area contributed by atoms with E-state index in [2.05, 4.69) is 20.6 Å². The number of carbonyl (C=O) groups is 1. The normalized spacial score (nSPS) is 12.2. The lowest BCUT2D eigenvalue weighted by Gasteiger charge is -2.19. The molecule has 0 saturated carbocycles. The van der Waals surface area contributed by atoms with Crippen LogP contribution in [0.25, 0.3) is 0 Å². The van der Waals surface area contributed by atoms with E-state index in [1.807, 2.05) is 20.8 Å². The van der Waals surface area contributed by atoms with Crippen LogP contribution in [0.5, 0.6) is 0 Å². The summed E-state index contributed by atoms with van der Waals surface area (Å²) < 4.78 is 0. The van der Waals surface area contributed by atoms with Gasteiger partial charge in [0.1, 0.15) is 17.7 Å². The molecule has 0 fully saturated rings. The maximum Gasteiger partial charge on any atom is 0.240 e. The Morgan fingerprint density at radius 2 is 2.00 bits per heavy atom. The Labute approximate surface area is 106 Å². The number of hydrogen-bond donors (Lipinski definition) is 4. The van der Waals surface area contributed by atoms with Gasteiger partial charge in [0.15, 0.2) is 0 Å². The average Bonchev–Trinajstić information content (AvgIpc) is 2.24. The summed E-state index contributed by atoms with van der Waals surface area (Å²) in [5.41, 5.74) is 10.9. The minimum atomic E-state index is -0.492. The minimum absolute atomic E-state index is 0.0567. The highest BCUT2D eigenvalue weighted by atomic mass is 16.1. The summed E-state index contributed by atoms with van der Waals surface area (Å²) in [6.45, 7) is 6.47. The summed E-state index contributed by atoms with van der Waals surface area (Å²) in [6, 6.07) is 1.20. The number of nitrogens with one attached hydrogen (secondary N) is 2. The lowest BCUT2D eigenvalue weighted by molar-refractivity contribution is -0.119. The number of carbonyl (C=O) groups excluding carboxylic acids is 1. The van der Waals surface area contributed by atoms with Gasteiger partial charge >= 0.3 is 0 Å². The molecule has 0 aliphatic heterocycles. The third kappa shape index (κ3) is 3.76. The second kappa shape index (κ2) is 6.04. The molecule has 1 aromatic rings. The van der Waals surface area contributed by atoms with Gasteiger partial charge < -0.3 is 22.1 Å². The molecule has 1 atom stereocenters. The first-order chi connectivity index (χ1) is 8.43. The number of nitrogens with zero attached hydrogens (tertiary/aromatic N) is 2. The third-order valence-electron chi connectivity index (χ3n) is 2.38. The quantitative estimate of drug-likeness (QED) is 0.582. The summed E-state index contributed by atoms with van der Waals surface area (Å²) in [6.07, 6.45) is 0. The van der Waals surface area contributed by atoms with Crippen molar-refractivity contribution in [3.63, 3.8) is 0 Å². The van der Waals surface area contributed by atoms with E-state index in [1.165, 1.54) is 0 Å². The molecule has 0 aliphatic rings. The molecular formula is C11H20N6O. The number of hydrogen-bond acceptors (Lipinski definition) is 6. The van der Waals surface area contributed by atoms with E-state index in [9.17, 15) is 4.79 Å². The summed E-state index contributed by atoms with van der Waals surface area (Å²) in [5, 5.41) is 6.01. The predicted octanol–water partition coefficient (Wildman–Crippen LogP) is 0.412. The second-order valence-corrected chi connectivity index (χ2v) is 4.30. The summed E-state index contributed by atoms with van der Waals surface area (Å²) in [5.74, 6) is 0.867. The molecule has 0 radical (unpaired) electrons. The van der Waals surface area contributed by atoms with Gasteiger partial charge in [-0.25, -0.2) is 0 Å². The number of primary amides is 1. The minimum Gasteiger partial charge on any atom is -0.370 e. The van der Waals surface area contributed by atoms with Gasteiger partial charge in [0, 0.05) is 12.6 Å². The highest BCUT2D eigenvalue weighted by molar-refractivity contribution is 5.83. The van der Waals surface area contributed by atoms with E-state index in [0.29, 0.717) is 11.6 Å². The lowest BCUT2D eigenvalue weighted by atomic mass is 10.0. The van der Waals surface area contributed by atoms with Crippen LogP contribution in [0.2, 0.25) is 0 Å². The van der Waals surface area contributed by atoms with Crippen molar-refractivity contribution in [1.82, 2.24) is 9.97 Å². The van der Waals surface area contributed by atoms with E-state index >= 15 is 0 Å². The smallest absolute Gasteiger partial charge is 0.240 e. The van der Waals surface area contributed by atoms with Gasteiger partial charge in [-0.2, -0.15) is 9.97 Å². The summed E-state index contributed by atoms with van der Waals surface area (Å²) >= 11 is 0. The van der Waals surface area contributed by atoms with Crippen molar-refractivity contribution in [3.8, 4) is 0 Å². The Kier molecular flexibility index (Phi) is 4.70. The average molecular weight is 252 g/mol. The fourth-order valence-electron chi connectivity index (χ4n) is 1.54. The van der Waals surface area contributed by atoms with Crippen molar-refractivity contribution in [3.05, 3.63) is 6.07 Å². The van der Waals surface area contributed by atoms with Crippen LogP contribution in [0.15, 0.2) is 6.07 Å². The van der Waals surface area contributed by atoms with Gasteiger partial charge in [0.2, 0.25) is 11.9 Å². The van der Waals surface area contributed by atoms with Crippen LogP contribution < -0.4 is 22.1 Å². The molecule has 0 bridgehead atoms. The molecule has 100 valence electrons. The van der Waals surface area contributed by atoms with Gasteiger partial charge in [-0.15, -0.1) is 0 Å². The molecule has 1 unspecified atom stereocenters. The molecule has 7 nitrogen and oxygen atoms in total. The zero-order valence-corrected chi connectivity index (χ0v) is 10.9. The van der Waals surface area contributed by atoms with Gasteiger partial charge in [0.05, 0.1) is 0 Å². The zero-order chi connectivity index (χ0) is 13.7. The Morgan fingerprint density at radius 1 is 1.39 bits per heavy atom. The molecule has 18 heavy (non-hydrogen) atoms. The predicted molar refractivity (Wildman–Crippen MR) is 72.1 cm³/mol. The van der Waals surface area contributed by atoms with E-state index in [-0.39, 0.29) is 11.9 Å². The van der Waals surface area contributed by atoms with E-state index in [4.69, 9.17) is 11.5 Å². The number of amides is 1. The maximum absolute atomic E-state index is 11.3. The van der Waals surface area contributed by atoms with Crippen molar-refractivity contribution in [2.75, 3.05) is 22.9 Å². The van der Waals surface area contributed by atoms with Gasteiger partial charge in [-0.05, 0) is 12.8 Å². The molecule has 7 heteroatoms. The van der Waals surface area contributed by atoms with Crippen molar-refractivity contribution in [1.29, 1.82) is 0 Å². The first kappa shape index (κ1) is 14.0. The Balaban J connectivity index is 2.91. The van der Waals surface area contributed by atoms with Crippen LogP contribution in [0.3, 0.4) is 0 Å². The van der Waals surface area contributed by atoms with Crippen molar-refractivity contribution < 1.29 is 4.79 Å². The van der Waals surface area contributed by atoms with E-state index < -0.39 is 11.9 Å². The van der Waals surface area contributed by atoms with Crippen LogP contribution in [0.1, 0.15) is 20.8 Å². The Bertz CT molecular complexity index is 420. The Morgan fingerprint density at radius 3 is 2.50 bits per heavy atom. The molecule has 0 aromatic carbocycles. The fourth-order valence-corrected chi connectivity index (χ4v) is 1.54. The van der Waals surface area contributed by atoms with Gasteiger partial charge in [-0.3, -0.25) is 4.79 Å². The lowest BCUT2D eigenvalue weighted by Crippen LogP contribution is -2.39. The standard InChI is InChI=1S/C11H20N6O/c1-4-14-7-5-8(17-11(13)16-7)15-9(6(2)3)10(12)18/h5-6,9H,4H2,1-3H3,(H2,12,18)(H4,13,14,15,16,17). The SMILES string of the molecule is CCNc1cc(NC(C(N)=O)C(C)C)nc(N)n1. The van der Waals surface area contributed by atoms with Crippen LogP contribution in [0, 0.1) is 5.92 Å². The number of nitrogens with two attached hydrogens (primary N) is 2. The number of rotatable bonds is 6. The molecular weight excluding hydrogens is 232 g/mol. The Hall–Kier alpha value is -2.05. The number of aromatic nitrogens is 2. The number of anilines is 3. The highest BCUT2D eigenvalue weighted by Crippen LogP contribution is 2.15. The first-order valence-electron chi connectivity index (χ1n) is 5.88. The van der Waals surface area contributed by atoms with Gasteiger partial charge in [-0.1, -0.05) is 13.8 Å². The van der Waals surface area contributed by atoms with Crippen LogP contribution in [-0.4, -0.2) is 28.5 Å². The number of nitrogen functional groups attached to an aromatic ring is 1. The molecule has 1 rings (SSSR count). The van der Waals surface area contributed by atoms with Crippen molar-refractivity contribution in [2.24, 2.45) is 11.7 Å². The summed E-state index contributed by atoms with van der Waals surface area (Å²) in [4.78, 5) is 19.4. The topological polar surface area (TPSA) is 119 Å². The zero-order valence-electron chi connectivity index (χ0n) is 10.9. The first-order valence-corrected chi connectivity index (χ1v) is 5.88. The van der Waals surface area contributed by atoms with Crippen LogP contribution in [-0.2, 0) is 4.79 Å². The van der Waals surface area contributed by atoms with Crippen molar-refractivity contribution >= 4 is 23.5 Å². The molecule has 1 aromatic heterocycles. The molecule has 1 heterocycles. The van der Waals surface area contributed by atoms with Crippen LogP contribution in [0.4, 0.5) is 17.6 Å². The molecule has 1 amide bonds.